The lowest BCUT2D eigenvalue weighted by Gasteiger charge is -2.21. The predicted molar refractivity (Wildman–Crippen MR) is 92.0 cm³/mol. The van der Waals surface area contributed by atoms with Crippen molar-refractivity contribution >= 4 is 17.3 Å². The molecular weight excluding hydrogens is 274 g/mol. The Hall–Kier alpha value is -2.33. The monoisotopic (exact) mass is 297 g/mol. The number of benzene rings is 2. The van der Waals surface area contributed by atoms with Crippen LogP contribution in [0.3, 0.4) is 0 Å². The zero-order valence-electron chi connectivity index (χ0n) is 13.1. The van der Waals surface area contributed by atoms with E-state index in [1.807, 2.05) is 54.6 Å². The molecule has 4 nitrogen and oxygen atoms in total. The van der Waals surface area contributed by atoms with Crippen LogP contribution in [0.15, 0.2) is 54.6 Å². The highest BCUT2D eigenvalue weighted by Crippen LogP contribution is 2.19. The number of rotatable bonds is 6. The van der Waals surface area contributed by atoms with Gasteiger partial charge in [0.25, 0.3) is 0 Å². The Morgan fingerprint density at radius 1 is 1.05 bits per heavy atom. The minimum Gasteiger partial charge on any atom is -0.372 e. The number of nitrogens with zero attached hydrogens (tertiary/aromatic N) is 1. The second-order valence-corrected chi connectivity index (χ2v) is 5.10. The van der Waals surface area contributed by atoms with Crippen LogP contribution in [0, 0.1) is 0 Å². The summed E-state index contributed by atoms with van der Waals surface area (Å²) in [6.07, 6.45) is 0. The number of carbonyl (C=O) groups excluding carboxylic acids is 1. The Morgan fingerprint density at radius 3 is 2.18 bits per heavy atom. The number of nitrogens with one attached hydrogen (secondary N) is 1. The molecule has 4 heteroatoms. The largest absolute Gasteiger partial charge is 0.372 e. The molecule has 1 amide bonds. The van der Waals surface area contributed by atoms with Crippen molar-refractivity contribution in [3.8, 4) is 0 Å². The maximum atomic E-state index is 12.2. The van der Waals surface area contributed by atoms with Crippen molar-refractivity contribution in [1.29, 1.82) is 0 Å². The van der Waals surface area contributed by atoms with E-state index < -0.39 is 6.04 Å². The third kappa shape index (κ3) is 3.86. The van der Waals surface area contributed by atoms with Gasteiger partial charge in [-0.1, -0.05) is 30.3 Å². The van der Waals surface area contributed by atoms with Crippen molar-refractivity contribution in [2.45, 2.75) is 19.9 Å². The number of nitrogens with two attached hydrogens (primary N) is 1. The first-order chi connectivity index (χ1) is 10.7. The molecule has 2 aromatic rings. The summed E-state index contributed by atoms with van der Waals surface area (Å²) in [6.45, 7) is 6.16. The number of anilines is 2. The second-order valence-electron chi connectivity index (χ2n) is 5.10. The fraction of sp³-hybridized carbons (Fsp3) is 0.278. The molecule has 0 saturated heterocycles. The van der Waals surface area contributed by atoms with Crippen molar-refractivity contribution in [1.82, 2.24) is 0 Å². The molecule has 0 unspecified atom stereocenters. The van der Waals surface area contributed by atoms with Gasteiger partial charge in [0, 0.05) is 24.5 Å². The van der Waals surface area contributed by atoms with Crippen molar-refractivity contribution in [3.63, 3.8) is 0 Å². The van der Waals surface area contributed by atoms with Crippen LogP contribution in [-0.4, -0.2) is 19.0 Å². The molecule has 0 saturated carbocycles. The summed E-state index contributed by atoms with van der Waals surface area (Å²) >= 11 is 0. The van der Waals surface area contributed by atoms with Gasteiger partial charge in [0.05, 0.1) is 0 Å². The number of hydrogen-bond acceptors (Lipinski definition) is 3. The lowest BCUT2D eigenvalue weighted by Crippen LogP contribution is -2.27. The van der Waals surface area contributed by atoms with E-state index in [1.165, 1.54) is 0 Å². The lowest BCUT2D eigenvalue weighted by atomic mass is 10.1. The van der Waals surface area contributed by atoms with E-state index in [4.69, 9.17) is 5.73 Å². The molecule has 22 heavy (non-hydrogen) atoms. The first kappa shape index (κ1) is 16.0. The Kier molecular flexibility index (Phi) is 5.55. The SMILES string of the molecule is CCN(CC)c1ccc(NC(=O)[C@@H](N)c2ccccc2)cc1. The Balaban J connectivity index is 2.03. The van der Waals surface area contributed by atoms with Crippen LogP contribution < -0.4 is 16.0 Å². The Morgan fingerprint density at radius 2 is 1.64 bits per heavy atom. The van der Waals surface area contributed by atoms with Crippen LogP contribution >= 0.6 is 0 Å². The fourth-order valence-electron chi connectivity index (χ4n) is 2.38. The molecular formula is C18H23N3O. The summed E-state index contributed by atoms with van der Waals surface area (Å²) in [5.74, 6) is -0.207. The molecule has 0 aliphatic carbocycles. The highest BCUT2D eigenvalue weighted by atomic mass is 16.2. The summed E-state index contributed by atoms with van der Waals surface area (Å²) in [4.78, 5) is 14.4. The zero-order chi connectivity index (χ0) is 15.9. The molecule has 116 valence electrons. The topological polar surface area (TPSA) is 58.4 Å². The second kappa shape index (κ2) is 7.61. The van der Waals surface area contributed by atoms with Crippen LogP contribution in [0.2, 0.25) is 0 Å². The minimum atomic E-state index is -0.663. The molecule has 3 N–H and O–H groups in total. The van der Waals surface area contributed by atoms with Gasteiger partial charge in [0.2, 0.25) is 5.91 Å². The van der Waals surface area contributed by atoms with Gasteiger partial charge in [-0.05, 0) is 43.7 Å². The van der Waals surface area contributed by atoms with Crippen LogP contribution in [0.25, 0.3) is 0 Å². The third-order valence-corrected chi connectivity index (χ3v) is 3.70. The molecule has 0 radical (unpaired) electrons. The fourth-order valence-corrected chi connectivity index (χ4v) is 2.38. The summed E-state index contributed by atoms with van der Waals surface area (Å²) < 4.78 is 0. The third-order valence-electron chi connectivity index (χ3n) is 3.70. The number of amides is 1. The first-order valence-corrected chi connectivity index (χ1v) is 7.62. The zero-order valence-corrected chi connectivity index (χ0v) is 13.1. The van der Waals surface area contributed by atoms with E-state index in [0.717, 1.165) is 30.0 Å². The molecule has 1 atom stereocenters. The minimum absolute atomic E-state index is 0.207. The van der Waals surface area contributed by atoms with Crippen molar-refractivity contribution in [2.75, 3.05) is 23.3 Å². The van der Waals surface area contributed by atoms with Crippen molar-refractivity contribution in [2.24, 2.45) is 5.73 Å². The van der Waals surface area contributed by atoms with E-state index in [9.17, 15) is 4.79 Å². The molecule has 0 aliphatic rings. The summed E-state index contributed by atoms with van der Waals surface area (Å²) in [6, 6.07) is 16.5. The maximum Gasteiger partial charge on any atom is 0.245 e. The predicted octanol–water partition coefficient (Wildman–Crippen LogP) is 3.17. The van der Waals surface area contributed by atoms with E-state index in [1.54, 1.807) is 0 Å². The average molecular weight is 297 g/mol. The normalized spacial score (nSPS) is 11.8. The smallest absolute Gasteiger partial charge is 0.245 e. The van der Waals surface area contributed by atoms with Gasteiger partial charge in [-0.25, -0.2) is 0 Å². The van der Waals surface area contributed by atoms with Gasteiger partial charge in [-0.3, -0.25) is 4.79 Å². The Bertz CT molecular complexity index is 591. The van der Waals surface area contributed by atoms with Crippen LogP contribution in [0.1, 0.15) is 25.5 Å². The van der Waals surface area contributed by atoms with Gasteiger partial charge in [-0.2, -0.15) is 0 Å². The molecule has 2 aromatic carbocycles. The van der Waals surface area contributed by atoms with E-state index in [-0.39, 0.29) is 5.91 Å². The Labute approximate surface area is 131 Å². The van der Waals surface area contributed by atoms with Gasteiger partial charge >= 0.3 is 0 Å². The first-order valence-electron chi connectivity index (χ1n) is 7.62. The summed E-state index contributed by atoms with van der Waals surface area (Å²) in [7, 11) is 0. The van der Waals surface area contributed by atoms with Crippen molar-refractivity contribution < 1.29 is 4.79 Å². The molecule has 2 rings (SSSR count). The van der Waals surface area contributed by atoms with E-state index in [0.29, 0.717) is 0 Å². The van der Waals surface area contributed by atoms with Crippen molar-refractivity contribution in [3.05, 3.63) is 60.2 Å². The summed E-state index contributed by atoms with van der Waals surface area (Å²) in [5, 5.41) is 2.86. The highest BCUT2D eigenvalue weighted by Gasteiger charge is 2.15. The van der Waals surface area contributed by atoms with Gasteiger partial charge in [0.1, 0.15) is 6.04 Å². The van der Waals surface area contributed by atoms with E-state index >= 15 is 0 Å². The van der Waals surface area contributed by atoms with Gasteiger partial charge in [-0.15, -0.1) is 0 Å². The molecule has 0 bridgehead atoms. The van der Waals surface area contributed by atoms with Gasteiger partial charge in [0.15, 0.2) is 0 Å². The molecule has 0 aromatic heterocycles. The highest BCUT2D eigenvalue weighted by molar-refractivity contribution is 5.95. The lowest BCUT2D eigenvalue weighted by molar-refractivity contribution is -0.117. The standard InChI is InChI=1S/C18H23N3O/c1-3-21(4-2)16-12-10-15(11-13-16)20-18(22)17(19)14-8-6-5-7-9-14/h5-13,17H,3-4,19H2,1-2H3,(H,20,22)/t17-/m0/s1. The van der Waals surface area contributed by atoms with Gasteiger partial charge < -0.3 is 16.0 Å². The molecule has 0 fully saturated rings. The van der Waals surface area contributed by atoms with Crippen LogP contribution in [0.4, 0.5) is 11.4 Å². The number of carbonyl (C=O) groups is 1. The molecule has 0 heterocycles. The molecule has 0 spiro atoms. The van der Waals surface area contributed by atoms with Crippen LogP contribution in [0.5, 0.6) is 0 Å². The quantitative estimate of drug-likeness (QED) is 0.861. The number of hydrogen-bond donors (Lipinski definition) is 2. The van der Waals surface area contributed by atoms with E-state index in [2.05, 4.69) is 24.1 Å². The summed E-state index contributed by atoms with van der Waals surface area (Å²) in [5.41, 5.74) is 8.70. The van der Waals surface area contributed by atoms with Crippen LogP contribution in [-0.2, 0) is 4.79 Å². The molecule has 0 aliphatic heterocycles. The average Bonchev–Trinajstić information content (AvgIpc) is 2.57. The maximum absolute atomic E-state index is 12.2.